The minimum Gasteiger partial charge on any atom is -0.194 e. The monoisotopic (exact) mass is 112 g/mol. The van der Waals surface area contributed by atoms with Gasteiger partial charge in [-0.3, -0.25) is 0 Å². The fourth-order valence-electron chi connectivity index (χ4n) is 0.521. The smallest absolute Gasteiger partial charge is 0.194 e. The molecule has 0 bridgehead atoms. The predicted octanol–water partition coefficient (Wildman–Crippen LogP) is 0.278. The summed E-state index contributed by atoms with van der Waals surface area (Å²) in [7, 11) is 0. The minimum absolute atomic E-state index is 0.484. The van der Waals surface area contributed by atoms with Crippen LogP contribution < -0.4 is 4.68 Å². The standard InChI is InChI=1S/C5H9N3/c1-5(2)8-4-6-3-7-8/h3-5H,1-2H3/p+1. The van der Waals surface area contributed by atoms with Crippen molar-refractivity contribution < 1.29 is 4.68 Å². The van der Waals surface area contributed by atoms with Gasteiger partial charge in [-0.15, -0.1) is 0 Å². The normalized spacial score (nSPS) is 10.4. The Kier molecular flexibility index (Phi) is 1.28. The van der Waals surface area contributed by atoms with Crippen molar-refractivity contribution in [3.05, 3.63) is 12.7 Å². The first kappa shape index (κ1) is 5.28. The van der Waals surface area contributed by atoms with Gasteiger partial charge in [-0.05, 0) is 18.8 Å². The molecule has 8 heavy (non-hydrogen) atoms. The Labute approximate surface area is 48.4 Å². The van der Waals surface area contributed by atoms with Crippen LogP contribution in [0.5, 0.6) is 0 Å². The molecule has 0 aromatic carbocycles. The Morgan fingerprint density at radius 1 is 1.62 bits per heavy atom. The molecule has 0 unspecified atom stereocenters. The first-order valence-corrected chi connectivity index (χ1v) is 2.70. The summed E-state index contributed by atoms with van der Waals surface area (Å²) >= 11 is 0. The highest BCUT2D eigenvalue weighted by molar-refractivity contribution is 4.37. The van der Waals surface area contributed by atoms with Crippen molar-refractivity contribution in [3.63, 3.8) is 0 Å². The molecule has 3 heteroatoms. The van der Waals surface area contributed by atoms with E-state index in [1.54, 1.807) is 12.7 Å². The van der Waals surface area contributed by atoms with Crippen LogP contribution in [0.15, 0.2) is 12.7 Å². The molecule has 0 spiro atoms. The minimum atomic E-state index is 0.484. The lowest BCUT2D eigenvalue weighted by molar-refractivity contribution is -0.768. The summed E-state index contributed by atoms with van der Waals surface area (Å²) < 4.78 is 1.93. The van der Waals surface area contributed by atoms with Gasteiger partial charge in [0, 0.05) is 0 Å². The molecule has 0 fully saturated rings. The molecule has 1 aromatic heterocycles. The largest absolute Gasteiger partial charge is 0.306 e. The van der Waals surface area contributed by atoms with Gasteiger partial charge in [-0.2, -0.15) is 9.78 Å². The zero-order chi connectivity index (χ0) is 5.98. The van der Waals surface area contributed by atoms with Gasteiger partial charge in [0.15, 0.2) is 0 Å². The van der Waals surface area contributed by atoms with Crippen molar-refractivity contribution in [2.45, 2.75) is 19.9 Å². The summed E-state index contributed by atoms with van der Waals surface area (Å²) in [5.41, 5.74) is 0. The zero-order valence-corrected chi connectivity index (χ0v) is 5.13. The van der Waals surface area contributed by atoms with Gasteiger partial charge in [0.25, 0.3) is 0 Å². The Bertz CT molecular complexity index is 143. The molecule has 0 saturated heterocycles. The summed E-state index contributed by atoms with van der Waals surface area (Å²) in [6.45, 7) is 4.19. The first-order chi connectivity index (χ1) is 3.80. The van der Waals surface area contributed by atoms with E-state index in [1.807, 2.05) is 4.68 Å². The van der Waals surface area contributed by atoms with E-state index in [0.717, 1.165) is 0 Å². The van der Waals surface area contributed by atoms with Crippen LogP contribution in [0.4, 0.5) is 0 Å². The summed E-state index contributed by atoms with van der Waals surface area (Å²) in [5.74, 6) is 0. The SMILES string of the molecule is CC(C)[n+]1cnc[nH]1. The summed E-state index contributed by atoms with van der Waals surface area (Å²) in [6, 6.07) is 0.484. The Balaban J connectivity index is 2.77. The second-order valence-corrected chi connectivity index (χ2v) is 2.02. The van der Waals surface area contributed by atoms with E-state index in [0.29, 0.717) is 6.04 Å². The Morgan fingerprint density at radius 3 is 2.62 bits per heavy atom. The number of aromatic amines is 1. The van der Waals surface area contributed by atoms with Crippen molar-refractivity contribution in [1.82, 2.24) is 10.1 Å². The maximum absolute atomic E-state index is 3.85. The molecule has 3 nitrogen and oxygen atoms in total. The molecule has 1 aromatic rings. The van der Waals surface area contributed by atoms with E-state index in [1.165, 1.54) is 0 Å². The third-order valence-electron chi connectivity index (χ3n) is 1.03. The van der Waals surface area contributed by atoms with Crippen LogP contribution in [-0.4, -0.2) is 10.1 Å². The lowest BCUT2D eigenvalue weighted by atomic mass is 10.4. The topological polar surface area (TPSA) is 32.6 Å². The quantitative estimate of drug-likeness (QED) is 0.520. The molecule has 1 heterocycles. The lowest BCUT2D eigenvalue weighted by Gasteiger charge is -1.93. The molecular formula is C5H10N3+. The van der Waals surface area contributed by atoms with Crippen LogP contribution in [0.1, 0.15) is 19.9 Å². The third kappa shape index (κ3) is 0.857. The maximum atomic E-state index is 3.85. The summed E-state index contributed by atoms with van der Waals surface area (Å²) in [4.78, 5) is 3.85. The van der Waals surface area contributed by atoms with Gasteiger partial charge in [0.2, 0.25) is 6.33 Å². The molecule has 0 radical (unpaired) electrons. The van der Waals surface area contributed by atoms with Gasteiger partial charge in [-0.1, -0.05) is 0 Å². The van der Waals surface area contributed by atoms with E-state index in [2.05, 4.69) is 23.9 Å². The molecule has 0 saturated carbocycles. The Morgan fingerprint density at radius 2 is 2.38 bits per heavy atom. The second kappa shape index (κ2) is 1.94. The molecule has 0 aliphatic rings. The maximum Gasteiger partial charge on any atom is 0.306 e. The number of hydrogen-bond donors (Lipinski definition) is 1. The number of hydrogen-bond acceptors (Lipinski definition) is 1. The van der Waals surface area contributed by atoms with Crippen LogP contribution in [0, 0.1) is 0 Å². The van der Waals surface area contributed by atoms with Gasteiger partial charge < -0.3 is 0 Å². The van der Waals surface area contributed by atoms with E-state index >= 15 is 0 Å². The highest BCUT2D eigenvalue weighted by Crippen LogP contribution is 1.83. The van der Waals surface area contributed by atoms with Gasteiger partial charge in [-0.25, -0.2) is 0 Å². The molecule has 1 rings (SSSR count). The van der Waals surface area contributed by atoms with Crippen molar-refractivity contribution in [2.24, 2.45) is 0 Å². The predicted molar refractivity (Wildman–Crippen MR) is 29.2 cm³/mol. The third-order valence-corrected chi connectivity index (χ3v) is 1.03. The molecule has 44 valence electrons. The van der Waals surface area contributed by atoms with Crippen molar-refractivity contribution in [2.75, 3.05) is 0 Å². The van der Waals surface area contributed by atoms with E-state index < -0.39 is 0 Å². The fraction of sp³-hybridized carbons (Fsp3) is 0.600. The number of rotatable bonds is 1. The van der Waals surface area contributed by atoms with Crippen LogP contribution in [-0.2, 0) is 0 Å². The summed E-state index contributed by atoms with van der Waals surface area (Å²) in [5, 5.41) is 2.94. The van der Waals surface area contributed by atoms with Crippen molar-refractivity contribution in [1.29, 1.82) is 0 Å². The molecule has 0 atom stereocenters. The van der Waals surface area contributed by atoms with Gasteiger partial charge in [0.05, 0.1) is 0 Å². The number of H-pyrrole nitrogens is 1. The van der Waals surface area contributed by atoms with Crippen molar-refractivity contribution >= 4 is 0 Å². The van der Waals surface area contributed by atoms with E-state index in [-0.39, 0.29) is 0 Å². The number of nitrogens with zero attached hydrogens (tertiary/aromatic N) is 2. The van der Waals surface area contributed by atoms with Gasteiger partial charge in [0.1, 0.15) is 6.04 Å². The second-order valence-electron chi connectivity index (χ2n) is 2.02. The lowest BCUT2D eigenvalue weighted by Crippen LogP contribution is -2.36. The van der Waals surface area contributed by atoms with Crippen LogP contribution in [0.3, 0.4) is 0 Å². The highest BCUT2D eigenvalue weighted by Gasteiger charge is 2.00. The van der Waals surface area contributed by atoms with Crippen molar-refractivity contribution in [3.8, 4) is 0 Å². The molecule has 0 aliphatic heterocycles. The average Bonchev–Trinajstić information content (AvgIpc) is 2.12. The zero-order valence-electron chi connectivity index (χ0n) is 5.13. The number of aromatic nitrogens is 3. The average molecular weight is 112 g/mol. The molecule has 1 N–H and O–H groups in total. The Hall–Kier alpha value is -0.860. The van der Waals surface area contributed by atoms with Crippen LogP contribution in [0.2, 0.25) is 0 Å². The molecular weight excluding hydrogens is 102 g/mol. The van der Waals surface area contributed by atoms with E-state index in [4.69, 9.17) is 0 Å². The van der Waals surface area contributed by atoms with Crippen LogP contribution >= 0.6 is 0 Å². The highest BCUT2D eigenvalue weighted by atomic mass is 15.3. The van der Waals surface area contributed by atoms with Crippen LogP contribution in [0.25, 0.3) is 0 Å². The summed E-state index contributed by atoms with van der Waals surface area (Å²) in [6.07, 6.45) is 3.44. The molecule has 0 amide bonds. The molecule has 0 aliphatic carbocycles. The first-order valence-electron chi connectivity index (χ1n) is 2.70. The van der Waals surface area contributed by atoms with E-state index in [9.17, 15) is 0 Å². The number of nitrogens with one attached hydrogen (secondary N) is 1. The fourth-order valence-corrected chi connectivity index (χ4v) is 0.521. The van der Waals surface area contributed by atoms with Gasteiger partial charge >= 0.3 is 6.33 Å².